The topological polar surface area (TPSA) is 142 Å². The van der Waals surface area contributed by atoms with E-state index in [-0.39, 0.29) is 36.4 Å². The van der Waals surface area contributed by atoms with E-state index in [1.54, 1.807) is 29.0 Å². The van der Waals surface area contributed by atoms with Gasteiger partial charge >= 0.3 is 6.03 Å². The number of thiazole rings is 1. The molecular weight excluding hydrogens is 679 g/mol. The molecular formula is C36H51N5O7S2. The Morgan fingerprint density at radius 3 is 2.34 bits per heavy atom. The number of methoxy groups -OCH3 is 2. The van der Waals surface area contributed by atoms with Crippen LogP contribution in [0.4, 0.5) is 4.79 Å². The highest BCUT2D eigenvalue weighted by Crippen LogP contribution is 2.29. The molecule has 0 unspecified atom stereocenters. The highest BCUT2D eigenvalue weighted by molar-refractivity contribution is 7.89. The third kappa shape index (κ3) is 10.0. The van der Waals surface area contributed by atoms with Crippen LogP contribution in [0.5, 0.6) is 5.75 Å². The number of aliphatic hydroxyl groups excluding tert-OH is 1. The van der Waals surface area contributed by atoms with Gasteiger partial charge in [-0.2, -0.15) is 4.31 Å². The van der Waals surface area contributed by atoms with Gasteiger partial charge in [-0.3, -0.25) is 4.79 Å². The summed E-state index contributed by atoms with van der Waals surface area (Å²) >= 11 is 1.47. The van der Waals surface area contributed by atoms with Crippen molar-refractivity contribution in [3.05, 3.63) is 76.2 Å². The van der Waals surface area contributed by atoms with Crippen LogP contribution in [0.15, 0.2) is 64.9 Å². The van der Waals surface area contributed by atoms with Crippen molar-refractivity contribution in [1.82, 2.24) is 24.4 Å². The first kappa shape index (κ1) is 39.2. The van der Waals surface area contributed by atoms with Crippen LogP contribution in [0, 0.1) is 11.3 Å². The number of hydrogen-bond donors (Lipinski definition) is 2. The molecule has 0 radical (unpaired) electrons. The van der Waals surface area contributed by atoms with Gasteiger partial charge in [-0.25, -0.2) is 18.2 Å². The quantitative estimate of drug-likeness (QED) is 0.209. The third-order valence-electron chi connectivity index (χ3n) is 8.47. The molecule has 3 atom stereocenters. The van der Waals surface area contributed by atoms with E-state index in [1.165, 1.54) is 34.9 Å². The Labute approximate surface area is 300 Å². The first-order valence-corrected chi connectivity index (χ1v) is 19.1. The van der Waals surface area contributed by atoms with Crippen LogP contribution in [0.1, 0.15) is 50.9 Å². The monoisotopic (exact) mass is 729 g/mol. The van der Waals surface area contributed by atoms with Crippen LogP contribution in [-0.2, 0) is 39.1 Å². The number of nitrogens with zero attached hydrogens (tertiary/aromatic N) is 4. The predicted molar refractivity (Wildman–Crippen MR) is 193 cm³/mol. The van der Waals surface area contributed by atoms with Gasteiger partial charge in [-0.05, 0) is 47.6 Å². The molecule has 0 saturated carbocycles. The van der Waals surface area contributed by atoms with E-state index in [0.29, 0.717) is 32.0 Å². The minimum Gasteiger partial charge on any atom is -0.497 e. The number of hydrogen-bond acceptors (Lipinski definition) is 9. The number of carbonyl (C=O) groups excluding carboxylic acids is 2. The van der Waals surface area contributed by atoms with Gasteiger partial charge in [0.25, 0.3) is 0 Å². The van der Waals surface area contributed by atoms with Gasteiger partial charge in [0.2, 0.25) is 15.9 Å². The lowest BCUT2D eigenvalue weighted by molar-refractivity contribution is -0.130. The predicted octanol–water partition coefficient (Wildman–Crippen LogP) is 4.39. The number of urea groups is 1. The van der Waals surface area contributed by atoms with Gasteiger partial charge in [-0.1, -0.05) is 65.0 Å². The van der Waals surface area contributed by atoms with E-state index in [2.05, 4.69) is 10.3 Å². The number of aliphatic hydroxyl groups is 1. The molecule has 0 spiro atoms. The van der Waals surface area contributed by atoms with Gasteiger partial charge < -0.3 is 29.7 Å². The molecule has 2 aromatic carbocycles. The summed E-state index contributed by atoms with van der Waals surface area (Å²) in [6.45, 7) is 10.9. The number of amides is 3. The van der Waals surface area contributed by atoms with Crippen molar-refractivity contribution in [1.29, 1.82) is 0 Å². The largest absolute Gasteiger partial charge is 0.497 e. The van der Waals surface area contributed by atoms with E-state index in [0.717, 1.165) is 16.3 Å². The van der Waals surface area contributed by atoms with Gasteiger partial charge in [0.05, 0.1) is 43.0 Å². The summed E-state index contributed by atoms with van der Waals surface area (Å²) in [4.78, 5) is 36.0. The average Bonchev–Trinajstić information content (AvgIpc) is 3.66. The molecule has 274 valence electrons. The summed E-state index contributed by atoms with van der Waals surface area (Å²) in [5.41, 5.74) is 0.957. The number of benzene rings is 2. The Morgan fingerprint density at radius 1 is 1.06 bits per heavy atom. The molecule has 1 fully saturated rings. The number of rotatable bonds is 17. The van der Waals surface area contributed by atoms with Crippen molar-refractivity contribution in [3.63, 3.8) is 0 Å². The second-order valence-electron chi connectivity index (χ2n) is 14.1. The van der Waals surface area contributed by atoms with Crippen LogP contribution in [0.3, 0.4) is 0 Å². The molecule has 4 rings (SSSR count). The van der Waals surface area contributed by atoms with Crippen LogP contribution in [-0.4, -0.2) is 103 Å². The van der Waals surface area contributed by atoms with Gasteiger partial charge in [0.1, 0.15) is 16.8 Å². The standard InChI is InChI=1S/C36H51N5O7S2/c1-25(2)20-40(50(45,46)29-15-13-28(48-7)14-16-29)22-31(42)30(19-26-11-9-8-10-12-26)38-34(43)33(36(3,4)5)41-18-17-39(35(41)44)21-27-24-49-32(37-27)23-47-6/h8-16,24-25,30-31,33,42H,17-23H2,1-7H3,(H,38,43)/t30-,31+,33+/m0/s1. The van der Waals surface area contributed by atoms with Gasteiger partial charge in [0.15, 0.2) is 0 Å². The Morgan fingerprint density at radius 2 is 1.74 bits per heavy atom. The van der Waals surface area contributed by atoms with Crippen molar-refractivity contribution >= 4 is 33.3 Å². The number of nitrogens with one attached hydrogen (secondary N) is 1. The highest BCUT2D eigenvalue weighted by Gasteiger charge is 2.44. The normalized spacial score (nSPS) is 15.8. The maximum Gasteiger partial charge on any atom is 0.321 e. The zero-order chi connectivity index (χ0) is 36.6. The molecule has 2 heterocycles. The van der Waals surface area contributed by atoms with Crippen molar-refractivity contribution < 1.29 is 32.6 Å². The first-order valence-electron chi connectivity index (χ1n) is 16.8. The number of sulfonamides is 1. The Bertz CT molecular complexity index is 1660. The zero-order valence-electron chi connectivity index (χ0n) is 30.0. The maximum absolute atomic E-state index is 14.3. The zero-order valence-corrected chi connectivity index (χ0v) is 31.7. The molecule has 12 nitrogen and oxygen atoms in total. The van der Waals surface area contributed by atoms with Crippen molar-refractivity contribution in [3.8, 4) is 5.75 Å². The molecule has 1 aromatic heterocycles. The Balaban J connectivity index is 1.58. The molecule has 1 saturated heterocycles. The lowest BCUT2D eigenvalue weighted by Gasteiger charge is -2.38. The van der Waals surface area contributed by atoms with Crippen LogP contribution in [0.2, 0.25) is 0 Å². The second kappa shape index (κ2) is 17.1. The van der Waals surface area contributed by atoms with Gasteiger partial charge in [-0.15, -0.1) is 11.3 Å². The van der Waals surface area contributed by atoms with Gasteiger partial charge in [0, 0.05) is 38.7 Å². The fourth-order valence-electron chi connectivity index (χ4n) is 6.12. The minimum atomic E-state index is -4.01. The Hall–Kier alpha value is -3.56. The molecule has 3 amide bonds. The van der Waals surface area contributed by atoms with Crippen molar-refractivity contribution in [2.24, 2.45) is 11.3 Å². The maximum atomic E-state index is 14.3. The third-order valence-corrected chi connectivity index (χ3v) is 11.2. The molecule has 0 bridgehead atoms. The number of ether oxygens (including phenoxy) is 2. The smallest absolute Gasteiger partial charge is 0.321 e. The summed E-state index contributed by atoms with van der Waals surface area (Å²) in [5.74, 6) is 0.0668. The van der Waals surface area contributed by atoms with Crippen LogP contribution < -0.4 is 10.1 Å². The first-order chi connectivity index (χ1) is 23.6. The second-order valence-corrected chi connectivity index (χ2v) is 17.0. The molecule has 1 aliphatic rings. The number of carbonyl (C=O) groups is 2. The van der Waals surface area contributed by atoms with Crippen molar-refractivity contribution in [2.75, 3.05) is 40.4 Å². The molecule has 0 aliphatic carbocycles. The van der Waals surface area contributed by atoms with Crippen LogP contribution >= 0.6 is 11.3 Å². The lowest BCUT2D eigenvalue weighted by Crippen LogP contribution is -2.59. The number of aromatic nitrogens is 1. The summed E-state index contributed by atoms with van der Waals surface area (Å²) in [7, 11) is -0.895. The van der Waals surface area contributed by atoms with Crippen LogP contribution in [0.25, 0.3) is 0 Å². The molecule has 2 N–H and O–H groups in total. The van der Waals surface area contributed by atoms with E-state index in [9.17, 15) is 23.1 Å². The molecule has 50 heavy (non-hydrogen) atoms. The Kier molecular flexibility index (Phi) is 13.4. The summed E-state index contributed by atoms with van der Waals surface area (Å²) in [5, 5.41) is 17.6. The van der Waals surface area contributed by atoms with E-state index >= 15 is 0 Å². The van der Waals surface area contributed by atoms with E-state index < -0.39 is 39.5 Å². The molecule has 1 aliphatic heterocycles. The SMILES string of the molecule is COCc1nc(CN2CCN([C@H](C(=O)N[C@@H](Cc3ccccc3)[C@H](O)CN(CC(C)C)S(=O)(=O)c3ccc(OC)cc3)C(C)(C)C)C2=O)cs1. The summed E-state index contributed by atoms with van der Waals surface area (Å²) < 4.78 is 39.4. The van der Waals surface area contributed by atoms with E-state index in [1.807, 2.05) is 70.3 Å². The molecule has 14 heteroatoms. The van der Waals surface area contributed by atoms with Crippen molar-refractivity contribution in [2.45, 2.75) is 77.3 Å². The van der Waals surface area contributed by atoms with E-state index in [4.69, 9.17) is 9.47 Å². The fourth-order valence-corrected chi connectivity index (χ4v) is 8.50. The minimum absolute atomic E-state index is 0.0392. The lowest BCUT2D eigenvalue weighted by atomic mass is 9.84. The molecule has 3 aromatic rings. The summed E-state index contributed by atoms with van der Waals surface area (Å²) in [6, 6.07) is 13.5. The fraction of sp³-hybridized carbons (Fsp3) is 0.528. The highest BCUT2D eigenvalue weighted by atomic mass is 32.2. The average molecular weight is 730 g/mol. The summed E-state index contributed by atoms with van der Waals surface area (Å²) in [6.07, 6.45) is -1.03.